The van der Waals surface area contributed by atoms with Gasteiger partial charge >= 0.3 is 12.4 Å². The summed E-state index contributed by atoms with van der Waals surface area (Å²) in [5, 5.41) is 13.9. The fourth-order valence-corrected chi connectivity index (χ4v) is 4.01. The van der Waals surface area contributed by atoms with Crippen molar-refractivity contribution >= 4 is 45.9 Å². The predicted octanol–water partition coefficient (Wildman–Crippen LogP) is 3.21. The Morgan fingerprint density at radius 3 is 2.64 bits per heavy atom. The van der Waals surface area contributed by atoms with Crippen LogP contribution in [0.4, 0.5) is 28.8 Å². The molecule has 0 bridgehead atoms. The second-order valence-electron chi connectivity index (χ2n) is 5.48. The van der Waals surface area contributed by atoms with Gasteiger partial charge < -0.3 is 15.4 Å². The number of ether oxygens (including phenoxy) is 1. The van der Waals surface area contributed by atoms with E-state index in [4.69, 9.17) is 0 Å². The van der Waals surface area contributed by atoms with Gasteiger partial charge in [0.05, 0.1) is 6.54 Å². The number of nitrogens with one attached hydrogen (secondary N) is 2. The van der Waals surface area contributed by atoms with Crippen molar-refractivity contribution in [3.8, 4) is 5.75 Å². The van der Waals surface area contributed by atoms with Crippen LogP contribution in [-0.2, 0) is 4.79 Å². The quantitative estimate of drug-likeness (QED) is 0.375. The number of carbonyl (C=O) groups is 2. The first kappa shape index (κ1) is 20.2. The van der Waals surface area contributed by atoms with E-state index >= 15 is 0 Å². The Bertz CT molecular complexity index is 828. The highest BCUT2D eigenvalue weighted by Crippen LogP contribution is 2.29. The highest BCUT2D eigenvalue weighted by atomic mass is 32.2. The number of benzene rings is 1. The number of amides is 3. The third kappa shape index (κ3) is 5.73. The molecular weight excluding hydrogens is 419 g/mol. The summed E-state index contributed by atoms with van der Waals surface area (Å²) in [6, 6.07) is 4.90. The Hall–Kier alpha value is -2.54. The summed E-state index contributed by atoms with van der Waals surface area (Å²) in [6.07, 6.45) is -4.11. The van der Waals surface area contributed by atoms with Crippen LogP contribution in [0.2, 0.25) is 0 Å². The lowest BCUT2D eigenvalue weighted by atomic mass is 10.3. The number of anilines is 2. The summed E-state index contributed by atoms with van der Waals surface area (Å²) >= 11 is 2.72. The van der Waals surface area contributed by atoms with Crippen molar-refractivity contribution in [1.29, 1.82) is 0 Å². The number of halogens is 3. The standard InChI is InChI=1S/C15H14F3N5O3S2/c16-15(17,18)26-10-4-2-9(3-5-10)20-12-21-22-14(28-12)27-7-1-6-23-11(24)8-19-13(23)25/h2-5H,1,6-8H2,(H,19,25)(H,20,21). The SMILES string of the molecule is O=C1CNC(=O)N1CCCSc1nnc(Nc2ccc(OC(F)(F)F)cc2)s1. The smallest absolute Gasteiger partial charge is 0.406 e. The van der Waals surface area contributed by atoms with Crippen molar-refractivity contribution in [3.05, 3.63) is 24.3 Å². The molecule has 0 saturated carbocycles. The van der Waals surface area contributed by atoms with Crippen LogP contribution in [0.5, 0.6) is 5.75 Å². The number of carbonyl (C=O) groups excluding carboxylic acids is 2. The lowest BCUT2D eigenvalue weighted by Crippen LogP contribution is -2.32. The molecule has 1 aliphatic rings. The van der Waals surface area contributed by atoms with Crippen LogP contribution in [0.1, 0.15) is 6.42 Å². The molecule has 0 radical (unpaired) electrons. The van der Waals surface area contributed by atoms with Gasteiger partial charge in [-0.3, -0.25) is 9.69 Å². The number of hydrogen-bond acceptors (Lipinski definition) is 8. The minimum atomic E-state index is -4.73. The number of aromatic nitrogens is 2. The van der Waals surface area contributed by atoms with E-state index in [2.05, 4.69) is 25.6 Å². The highest BCUT2D eigenvalue weighted by Gasteiger charge is 2.31. The minimum Gasteiger partial charge on any atom is -0.406 e. The van der Waals surface area contributed by atoms with Crippen molar-refractivity contribution < 1.29 is 27.5 Å². The van der Waals surface area contributed by atoms with Crippen LogP contribution < -0.4 is 15.4 Å². The van der Waals surface area contributed by atoms with Crippen molar-refractivity contribution in [2.75, 3.05) is 24.2 Å². The molecule has 8 nitrogen and oxygen atoms in total. The number of urea groups is 1. The van der Waals surface area contributed by atoms with E-state index in [1.165, 1.54) is 52.3 Å². The molecule has 0 spiro atoms. The van der Waals surface area contributed by atoms with Crippen LogP contribution in [0, 0.1) is 0 Å². The molecule has 3 rings (SSSR count). The van der Waals surface area contributed by atoms with E-state index in [0.717, 1.165) is 0 Å². The molecule has 1 aromatic carbocycles. The maximum absolute atomic E-state index is 12.1. The van der Waals surface area contributed by atoms with Gasteiger partial charge in [-0.15, -0.1) is 23.4 Å². The first-order valence-electron chi connectivity index (χ1n) is 7.97. The first-order valence-corrected chi connectivity index (χ1v) is 9.78. The number of alkyl halides is 3. The van der Waals surface area contributed by atoms with Crippen LogP contribution in [-0.4, -0.2) is 52.2 Å². The van der Waals surface area contributed by atoms with Gasteiger partial charge in [0, 0.05) is 18.0 Å². The summed E-state index contributed by atoms with van der Waals surface area (Å²) in [6.45, 7) is 0.384. The van der Waals surface area contributed by atoms with Gasteiger partial charge in [0.2, 0.25) is 11.0 Å². The topological polar surface area (TPSA) is 96.5 Å². The van der Waals surface area contributed by atoms with Gasteiger partial charge in [-0.2, -0.15) is 0 Å². The number of nitrogens with zero attached hydrogens (tertiary/aromatic N) is 3. The number of rotatable bonds is 8. The second-order valence-corrected chi connectivity index (χ2v) is 7.80. The van der Waals surface area contributed by atoms with Crippen LogP contribution in [0.25, 0.3) is 0 Å². The largest absolute Gasteiger partial charge is 0.573 e. The van der Waals surface area contributed by atoms with Crippen molar-refractivity contribution in [3.63, 3.8) is 0 Å². The summed E-state index contributed by atoms with van der Waals surface area (Å²) in [4.78, 5) is 24.0. The maximum Gasteiger partial charge on any atom is 0.573 e. The van der Waals surface area contributed by atoms with Gasteiger partial charge in [0.1, 0.15) is 5.75 Å². The van der Waals surface area contributed by atoms with Crippen molar-refractivity contribution in [1.82, 2.24) is 20.4 Å². The highest BCUT2D eigenvalue weighted by molar-refractivity contribution is 8.01. The van der Waals surface area contributed by atoms with E-state index in [0.29, 0.717) is 33.9 Å². The van der Waals surface area contributed by atoms with Crippen molar-refractivity contribution in [2.45, 2.75) is 17.1 Å². The molecule has 0 unspecified atom stereocenters. The molecule has 3 amide bonds. The molecule has 2 aromatic rings. The Morgan fingerprint density at radius 1 is 1.25 bits per heavy atom. The predicted molar refractivity (Wildman–Crippen MR) is 96.8 cm³/mol. The van der Waals surface area contributed by atoms with Crippen LogP contribution in [0.3, 0.4) is 0 Å². The summed E-state index contributed by atoms with van der Waals surface area (Å²) in [5.41, 5.74) is 0.542. The molecule has 0 aliphatic carbocycles. The molecule has 1 saturated heterocycles. The monoisotopic (exact) mass is 433 g/mol. The second kappa shape index (κ2) is 8.65. The van der Waals surface area contributed by atoms with Crippen LogP contribution in [0.15, 0.2) is 28.6 Å². The number of imide groups is 1. The van der Waals surface area contributed by atoms with Crippen LogP contribution >= 0.6 is 23.1 Å². The lowest BCUT2D eigenvalue weighted by Gasteiger charge is -2.10. The molecule has 13 heteroatoms. The van der Waals surface area contributed by atoms with E-state index < -0.39 is 6.36 Å². The van der Waals surface area contributed by atoms with Gasteiger partial charge in [-0.05, 0) is 30.7 Å². The van der Waals surface area contributed by atoms with Crippen molar-refractivity contribution in [2.24, 2.45) is 0 Å². The maximum atomic E-state index is 12.1. The molecular formula is C15H14F3N5O3S2. The molecule has 150 valence electrons. The zero-order valence-electron chi connectivity index (χ0n) is 14.2. The molecule has 1 aromatic heterocycles. The van der Waals surface area contributed by atoms with Gasteiger partial charge in [0.25, 0.3) is 0 Å². The van der Waals surface area contributed by atoms with E-state index in [1.807, 2.05) is 0 Å². The Balaban J connectivity index is 1.44. The first-order chi connectivity index (χ1) is 13.3. The zero-order chi connectivity index (χ0) is 20.1. The van der Waals surface area contributed by atoms with Gasteiger partial charge in [-0.25, -0.2) is 4.79 Å². The number of thioether (sulfide) groups is 1. The molecule has 1 aliphatic heterocycles. The molecule has 1 fully saturated rings. The normalized spacial score (nSPS) is 14.3. The van der Waals surface area contributed by atoms with Gasteiger partial charge in [-0.1, -0.05) is 23.1 Å². The zero-order valence-corrected chi connectivity index (χ0v) is 15.8. The van der Waals surface area contributed by atoms with E-state index in [1.54, 1.807) is 0 Å². The van der Waals surface area contributed by atoms with E-state index in [9.17, 15) is 22.8 Å². The Morgan fingerprint density at radius 2 is 2.00 bits per heavy atom. The molecule has 28 heavy (non-hydrogen) atoms. The molecule has 0 atom stereocenters. The fraction of sp³-hybridized carbons (Fsp3) is 0.333. The average Bonchev–Trinajstić information content (AvgIpc) is 3.19. The Kier molecular flexibility index (Phi) is 6.24. The average molecular weight is 433 g/mol. The Labute approximate surface area is 165 Å². The third-order valence-corrected chi connectivity index (χ3v) is 5.49. The summed E-state index contributed by atoms with van der Waals surface area (Å²) < 4.78 is 40.9. The third-order valence-electron chi connectivity index (χ3n) is 3.43. The minimum absolute atomic E-state index is 0.0424. The fourth-order valence-electron chi connectivity index (χ4n) is 2.25. The molecule has 2 N–H and O–H groups in total. The number of hydrogen-bond donors (Lipinski definition) is 2. The lowest BCUT2D eigenvalue weighted by molar-refractivity contribution is -0.274. The molecule has 2 heterocycles. The van der Waals surface area contributed by atoms with Gasteiger partial charge in [0.15, 0.2) is 4.34 Å². The summed E-state index contributed by atoms with van der Waals surface area (Å²) in [5.74, 6) is 0.107. The summed E-state index contributed by atoms with van der Waals surface area (Å²) in [7, 11) is 0. The van der Waals surface area contributed by atoms with E-state index in [-0.39, 0.29) is 24.2 Å².